The van der Waals surface area contributed by atoms with Gasteiger partial charge in [0.25, 0.3) is 0 Å². The highest BCUT2D eigenvalue weighted by atomic mass is 19.1. The number of ether oxygens (including phenoxy) is 1. The van der Waals surface area contributed by atoms with Crippen LogP contribution in [-0.2, 0) is 17.8 Å². The van der Waals surface area contributed by atoms with Crippen molar-refractivity contribution >= 4 is 5.97 Å². The molecule has 1 saturated heterocycles. The van der Waals surface area contributed by atoms with E-state index in [9.17, 15) is 9.90 Å². The monoisotopic (exact) mass is 556 g/mol. The number of benzene rings is 2. The summed E-state index contributed by atoms with van der Waals surface area (Å²) in [7, 11) is 0. The Morgan fingerprint density at radius 1 is 1.05 bits per heavy atom. The molecule has 3 aliphatic rings. The lowest BCUT2D eigenvalue weighted by molar-refractivity contribution is -0.142. The first-order chi connectivity index (χ1) is 19.7. The van der Waals surface area contributed by atoms with Crippen LogP contribution in [-0.4, -0.2) is 33.0 Å². The van der Waals surface area contributed by atoms with Gasteiger partial charge in [0, 0.05) is 29.9 Å². The molecule has 1 aromatic heterocycles. The standard InChI is InChI=1S/C35H41FN2O3/c1-20-15-30(31(36)18-37-20)29-13-11-26(16-28(29)19-38-21(2)5-6-22(38)3)32-14-12-24-7-10-27(17-33(24)41-32)34(25-8-9-25)23(4)35(39)40/h7,10-11,13,15-18,21-23,25,32,34H,5-6,8-9,12,14,19H2,1-4H3,(H,39,40)/t21-,22-,23+,32?,34+/m1/s1. The first kappa shape index (κ1) is 27.9. The highest BCUT2D eigenvalue weighted by Crippen LogP contribution is 2.48. The van der Waals surface area contributed by atoms with E-state index in [0.29, 0.717) is 23.6 Å². The van der Waals surface area contributed by atoms with Gasteiger partial charge in [0.05, 0.1) is 12.1 Å². The Kier molecular flexibility index (Phi) is 7.62. The van der Waals surface area contributed by atoms with Crippen molar-refractivity contribution in [2.24, 2.45) is 11.8 Å². The highest BCUT2D eigenvalue weighted by Gasteiger charge is 2.39. The second-order valence-corrected chi connectivity index (χ2v) is 12.7. The number of hydrogen-bond acceptors (Lipinski definition) is 4. The van der Waals surface area contributed by atoms with Crippen molar-refractivity contribution in [3.63, 3.8) is 0 Å². The lowest BCUT2D eigenvalue weighted by Crippen LogP contribution is -2.32. The van der Waals surface area contributed by atoms with Crippen molar-refractivity contribution in [3.05, 3.63) is 82.4 Å². The Hall–Kier alpha value is -3.25. The largest absolute Gasteiger partial charge is 0.485 e. The summed E-state index contributed by atoms with van der Waals surface area (Å²) in [5, 5.41) is 9.76. The summed E-state index contributed by atoms with van der Waals surface area (Å²) >= 11 is 0. The number of aromatic nitrogens is 1. The molecule has 0 bridgehead atoms. The van der Waals surface area contributed by atoms with Crippen LogP contribution in [0.1, 0.15) is 92.8 Å². The molecule has 6 rings (SSSR count). The van der Waals surface area contributed by atoms with Crippen LogP contribution in [0.3, 0.4) is 0 Å². The molecule has 5 atom stereocenters. The first-order valence-electron chi connectivity index (χ1n) is 15.2. The second-order valence-electron chi connectivity index (χ2n) is 12.7. The van der Waals surface area contributed by atoms with Crippen molar-refractivity contribution in [2.45, 2.75) is 96.9 Å². The number of carbonyl (C=O) groups is 1. The molecule has 1 unspecified atom stereocenters. The van der Waals surface area contributed by atoms with E-state index in [-0.39, 0.29) is 17.8 Å². The Morgan fingerprint density at radius 2 is 1.80 bits per heavy atom. The zero-order valence-electron chi connectivity index (χ0n) is 24.6. The molecule has 5 nitrogen and oxygen atoms in total. The molecule has 1 saturated carbocycles. The van der Waals surface area contributed by atoms with E-state index < -0.39 is 11.9 Å². The predicted octanol–water partition coefficient (Wildman–Crippen LogP) is 7.85. The number of fused-ring (bicyclic) bond motifs is 1. The van der Waals surface area contributed by atoms with Gasteiger partial charge in [-0.2, -0.15) is 0 Å². The van der Waals surface area contributed by atoms with Crippen LogP contribution in [0, 0.1) is 24.6 Å². The molecule has 0 spiro atoms. The quantitative estimate of drug-likeness (QED) is 0.306. The van der Waals surface area contributed by atoms with Crippen LogP contribution >= 0.6 is 0 Å². The van der Waals surface area contributed by atoms with Gasteiger partial charge in [-0.05, 0) is 111 Å². The van der Waals surface area contributed by atoms with E-state index in [0.717, 1.165) is 65.9 Å². The maximum atomic E-state index is 15.1. The topological polar surface area (TPSA) is 62.7 Å². The van der Waals surface area contributed by atoms with Crippen molar-refractivity contribution < 1.29 is 19.0 Å². The van der Waals surface area contributed by atoms with Crippen LogP contribution in [0.4, 0.5) is 4.39 Å². The van der Waals surface area contributed by atoms with Gasteiger partial charge in [-0.25, -0.2) is 4.39 Å². The molecule has 2 aromatic carbocycles. The predicted molar refractivity (Wildman–Crippen MR) is 158 cm³/mol. The van der Waals surface area contributed by atoms with Gasteiger partial charge in [-0.1, -0.05) is 37.3 Å². The number of aryl methyl sites for hydroxylation is 2. The summed E-state index contributed by atoms with van der Waals surface area (Å²) in [4.78, 5) is 18.6. The number of likely N-dealkylation sites (tertiary alicyclic amines) is 1. The summed E-state index contributed by atoms with van der Waals surface area (Å²) in [5.74, 6) is -0.165. The molecule has 2 aliphatic heterocycles. The summed E-state index contributed by atoms with van der Waals surface area (Å²) < 4.78 is 21.7. The fraction of sp³-hybridized carbons (Fsp3) is 0.486. The van der Waals surface area contributed by atoms with Gasteiger partial charge in [-0.15, -0.1) is 0 Å². The Labute approximate surface area is 242 Å². The SMILES string of the molecule is Cc1cc(-c2ccc(C3CCc4ccc([C@H](C5CC5)[C@H](C)C(=O)O)cc4O3)cc2CN2[C@H](C)CC[C@H]2C)c(F)cn1. The Balaban J connectivity index is 1.33. The normalized spacial score (nSPS) is 24.0. The number of carboxylic acid groups (broad SMARTS) is 1. The number of hydrogen-bond donors (Lipinski definition) is 1. The third-order valence-corrected chi connectivity index (χ3v) is 9.75. The Bertz CT molecular complexity index is 1440. The number of carboxylic acids is 1. The van der Waals surface area contributed by atoms with Crippen molar-refractivity contribution in [2.75, 3.05) is 0 Å². The number of halogens is 1. The van der Waals surface area contributed by atoms with Crippen LogP contribution in [0.15, 0.2) is 48.7 Å². The number of rotatable bonds is 8. The third-order valence-electron chi connectivity index (χ3n) is 9.75. The lowest BCUT2D eigenvalue weighted by atomic mass is 9.82. The van der Waals surface area contributed by atoms with Crippen LogP contribution in [0.2, 0.25) is 0 Å². The smallest absolute Gasteiger partial charge is 0.306 e. The molecule has 1 aliphatic carbocycles. The van der Waals surface area contributed by atoms with Gasteiger partial charge in [0.1, 0.15) is 17.7 Å². The van der Waals surface area contributed by atoms with Gasteiger partial charge < -0.3 is 9.84 Å². The first-order valence-corrected chi connectivity index (χ1v) is 15.2. The van der Waals surface area contributed by atoms with E-state index in [1.807, 2.05) is 19.9 Å². The molecule has 0 radical (unpaired) electrons. The average molecular weight is 557 g/mol. The minimum absolute atomic E-state index is 0.0100. The maximum absolute atomic E-state index is 15.1. The van der Waals surface area contributed by atoms with Gasteiger partial charge in [0.15, 0.2) is 0 Å². The molecular formula is C35H41FN2O3. The van der Waals surface area contributed by atoms with E-state index in [1.165, 1.54) is 24.6 Å². The minimum Gasteiger partial charge on any atom is -0.485 e. The molecule has 2 fully saturated rings. The van der Waals surface area contributed by atoms with Crippen molar-refractivity contribution in [3.8, 4) is 16.9 Å². The van der Waals surface area contributed by atoms with Crippen LogP contribution in [0.5, 0.6) is 5.75 Å². The zero-order valence-corrected chi connectivity index (χ0v) is 24.6. The highest BCUT2D eigenvalue weighted by molar-refractivity contribution is 5.71. The summed E-state index contributed by atoms with van der Waals surface area (Å²) in [5.41, 5.74) is 6.76. The van der Waals surface area contributed by atoms with E-state index in [4.69, 9.17) is 4.74 Å². The van der Waals surface area contributed by atoms with Gasteiger partial charge >= 0.3 is 5.97 Å². The van der Waals surface area contributed by atoms with Gasteiger partial charge in [0.2, 0.25) is 0 Å². The molecule has 41 heavy (non-hydrogen) atoms. The number of aliphatic carboxylic acids is 1. The van der Waals surface area contributed by atoms with Crippen LogP contribution in [0.25, 0.3) is 11.1 Å². The molecule has 1 N–H and O–H groups in total. The van der Waals surface area contributed by atoms with E-state index >= 15 is 4.39 Å². The molecule has 0 amide bonds. The Morgan fingerprint density at radius 3 is 2.51 bits per heavy atom. The number of pyridine rings is 1. The minimum atomic E-state index is -0.742. The van der Waals surface area contributed by atoms with Gasteiger partial charge in [-0.3, -0.25) is 14.7 Å². The fourth-order valence-corrected chi connectivity index (χ4v) is 7.12. The molecule has 3 heterocycles. The maximum Gasteiger partial charge on any atom is 0.306 e. The summed E-state index contributed by atoms with van der Waals surface area (Å²) in [6.07, 6.45) is 7.49. The zero-order chi connectivity index (χ0) is 28.8. The third kappa shape index (κ3) is 5.63. The van der Waals surface area contributed by atoms with Crippen molar-refractivity contribution in [1.82, 2.24) is 9.88 Å². The molecule has 3 aromatic rings. The van der Waals surface area contributed by atoms with Crippen molar-refractivity contribution in [1.29, 1.82) is 0 Å². The molecule has 216 valence electrons. The second kappa shape index (κ2) is 11.2. The summed E-state index contributed by atoms with van der Waals surface area (Å²) in [6.45, 7) is 9.04. The molecular weight excluding hydrogens is 515 g/mol. The average Bonchev–Trinajstić information content (AvgIpc) is 3.75. The fourth-order valence-electron chi connectivity index (χ4n) is 7.12. The van der Waals surface area contributed by atoms with Crippen LogP contribution < -0.4 is 4.74 Å². The number of nitrogens with zero attached hydrogens (tertiary/aromatic N) is 2. The van der Waals surface area contributed by atoms with E-state index in [2.05, 4.69) is 60.1 Å². The molecule has 6 heteroatoms. The lowest BCUT2D eigenvalue weighted by Gasteiger charge is -2.30. The summed E-state index contributed by atoms with van der Waals surface area (Å²) in [6, 6.07) is 15.5. The van der Waals surface area contributed by atoms with E-state index in [1.54, 1.807) is 0 Å².